The largest absolute Gasteiger partial charge is 0.368 e. The Hall–Kier alpha value is -2.86. The first kappa shape index (κ1) is 18.5. The molecule has 0 unspecified atom stereocenters. The number of hydrogen-bond acceptors (Lipinski definition) is 12. The first-order chi connectivity index (χ1) is 11.5. The van der Waals surface area contributed by atoms with Crippen molar-refractivity contribution in [3.63, 3.8) is 0 Å². The summed E-state index contributed by atoms with van der Waals surface area (Å²) in [5, 5.41) is 0. The van der Waals surface area contributed by atoms with Crippen molar-refractivity contribution in [2.45, 2.75) is 38.9 Å². The van der Waals surface area contributed by atoms with E-state index in [0.717, 1.165) is 0 Å². The highest BCUT2D eigenvalue weighted by Gasteiger charge is 2.30. The number of nitrogens with zero attached hydrogens (tertiary/aromatic N) is 6. The summed E-state index contributed by atoms with van der Waals surface area (Å²) in [6.07, 6.45) is 0. The molecule has 0 saturated carbocycles. The highest BCUT2D eigenvalue weighted by Crippen LogP contribution is 2.26. The lowest BCUT2D eigenvalue weighted by atomic mass is 10.1. The first-order valence-corrected chi connectivity index (χ1v) is 7.32. The second kappa shape index (κ2) is 6.57. The Kier molecular flexibility index (Phi) is 4.85. The van der Waals surface area contributed by atoms with Crippen LogP contribution in [0.3, 0.4) is 0 Å². The van der Waals surface area contributed by atoms with E-state index < -0.39 is 11.2 Å². The van der Waals surface area contributed by atoms with Crippen LogP contribution in [0.15, 0.2) is 0 Å². The lowest BCUT2D eigenvalue weighted by Crippen LogP contribution is -2.32. The SMILES string of the molecule is CC(C)(OCOC(C)(C)c1nc(N)nc(N)n1)c1nc(N)nc(N)n1. The van der Waals surface area contributed by atoms with Crippen LogP contribution in [0.1, 0.15) is 39.3 Å². The van der Waals surface area contributed by atoms with Crippen LogP contribution >= 0.6 is 0 Å². The third kappa shape index (κ3) is 4.58. The van der Waals surface area contributed by atoms with Crippen LogP contribution in [0.4, 0.5) is 23.8 Å². The van der Waals surface area contributed by atoms with E-state index in [-0.39, 0.29) is 42.2 Å². The summed E-state index contributed by atoms with van der Waals surface area (Å²) < 4.78 is 11.4. The Morgan fingerprint density at radius 3 is 1.16 bits per heavy atom. The topological polar surface area (TPSA) is 200 Å². The van der Waals surface area contributed by atoms with E-state index >= 15 is 0 Å². The monoisotopic (exact) mass is 350 g/mol. The molecule has 136 valence electrons. The highest BCUT2D eigenvalue weighted by atomic mass is 16.7. The van der Waals surface area contributed by atoms with E-state index in [2.05, 4.69) is 29.9 Å². The van der Waals surface area contributed by atoms with Crippen LogP contribution in [0, 0.1) is 0 Å². The van der Waals surface area contributed by atoms with Crippen LogP contribution in [-0.2, 0) is 20.7 Å². The average molecular weight is 350 g/mol. The molecule has 2 aromatic rings. The van der Waals surface area contributed by atoms with Crippen LogP contribution in [0.2, 0.25) is 0 Å². The van der Waals surface area contributed by atoms with E-state index in [1.165, 1.54) is 0 Å². The van der Waals surface area contributed by atoms with Gasteiger partial charge in [-0.2, -0.15) is 29.9 Å². The van der Waals surface area contributed by atoms with Gasteiger partial charge in [0.2, 0.25) is 23.8 Å². The Balaban J connectivity index is 2.07. The number of nitrogen functional groups attached to an aromatic ring is 4. The molecule has 12 heteroatoms. The lowest BCUT2D eigenvalue weighted by Gasteiger charge is -2.28. The van der Waals surface area contributed by atoms with Crippen LogP contribution in [0.25, 0.3) is 0 Å². The average Bonchev–Trinajstić information content (AvgIpc) is 2.44. The maximum atomic E-state index is 5.72. The summed E-state index contributed by atoms with van der Waals surface area (Å²) in [6.45, 7) is 6.87. The number of rotatable bonds is 6. The lowest BCUT2D eigenvalue weighted by molar-refractivity contribution is -0.185. The molecule has 25 heavy (non-hydrogen) atoms. The number of aromatic nitrogens is 6. The molecule has 0 amide bonds. The summed E-state index contributed by atoms with van der Waals surface area (Å²) in [7, 11) is 0. The summed E-state index contributed by atoms with van der Waals surface area (Å²) in [4.78, 5) is 23.6. The van der Waals surface area contributed by atoms with Gasteiger partial charge in [0.15, 0.2) is 11.6 Å². The molecule has 0 aromatic carbocycles. The van der Waals surface area contributed by atoms with Gasteiger partial charge >= 0.3 is 0 Å². The van der Waals surface area contributed by atoms with Gasteiger partial charge in [-0.3, -0.25) is 0 Å². The molecule has 0 saturated heterocycles. The van der Waals surface area contributed by atoms with Gasteiger partial charge in [-0.25, -0.2) is 0 Å². The Morgan fingerprint density at radius 2 is 0.880 bits per heavy atom. The summed E-state index contributed by atoms with van der Waals surface area (Å²) >= 11 is 0. The Morgan fingerprint density at radius 1 is 0.600 bits per heavy atom. The molecular weight excluding hydrogens is 328 g/mol. The Bertz CT molecular complexity index is 660. The van der Waals surface area contributed by atoms with E-state index in [0.29, 0.717) is 0 Å². The molecule has 0 aliphatic carbocycles. The zero-order valence-electron chi connectivity index (χ0n) is 14.5. The first-order valence-electron chi connectivity index (χ1n) is 7.32. The third-order valence-electron chi connectivity index (χ3n) is 3.26. The highest BCUT2D eigenvalue weighted by molar-refractivity contribution is 5.28. The molecule has 0 bridgehead atoms. The Labute approximate surface area is 144 Å². The van der Waals surface area contributed by atoms with Crippen LogP contribution in [-0.4, -0.2) is 36.7 Å². The molecule has 0 radical (unpaired) electrons. The zero-order chi connectivity index (χ0) is 18.8. The molecule has 0 fully saturated rings. The zero-order valence-corrected chi connectivity index (χ0v) is 14.5. The van der Waals surface area contributed by atoms with E-state index in [1.54, 1.807) is 27.7 Å². The van der Waals surface area contributed by atoms with E-state index in [9.17, 15) is 0 Å². The molecule has 0 spiro atoms. The third-order valence-corrected chi connectivity index (χ3v) is 3.26. The molecule has 0 atom stereocenters. The minimum atomic E-state index is -0.918. The van der Waals surface area contributed by atoms with Crippen molar-refractivity contribution in [1.82, 2.24) is 29.9 Å². The molecule has 8 N–H and O–H groups in total. The number of hydrogen-bond donors (Lipinski definition) is 4. The van der Waals surface area contributed by atoms with Gasteiger partial charge in [-0.1, -0.05) is 0 Å². The summed E-state index contributed by atoms with van der Waals surface area (Å²) in [6, 6.07) is 0. The van der Waals surface area contributed by atoms with Crippen molar-refractivity contribution in [3.05, 3.63) is 11.6 Å². The summed E-state index contributed by atoms with van der Waals surface area (Å²) in [5.41, 5.74) is 20.5. The number of ether oxygens (including phenoxy) is 2. The minimum absolute atomic E-state index is 0.0107. The quantitative estimate of drug-likeness (QED) is 0.489. The normalized spacial score (nSPS) is 12.3. The fourth-order valence-electron chi connectivity index (χ4n) is 1.81. The number of anilines is 4. The molecule has 0 aliphatic heterocycles. The van der Waals surface area contributed by atoms with Crippen molar-refractivity contribution in [1.29, 1.82) is 0 Å². The maximum absolute atomic E-state index is 5.72. The molecule has 2 aromatic heterocycles. The van der Waals surface area contributed by atoms with Gasteiger partial charge in [0.05, 0.1) is 0 Å². The molecular formula is C13H22N10O2. The smallest absolute Gasteiger partial charge is 0.225 e. The predicted molar refractivity (Wildman–Crippen MR) is 90.4 cm³/mol. The fraction of sp³-hybridized carbons (Fsp3) is 0.538. The second-order valence-corrected chi connectivity index (χ2v) is 6.18. The van der Waals surface area contributed by atoms with Gasteiger partial charge in [0.25, 0.3) is 0 Å². The molecule has 2 rings (SSSR count). The standard InChI is InChI=1S/C13H22N10O2/c1-12(2,6-18-8(14)22-9(15)19-6)24-5-25-13(3,4)7-20-10(16)23-11(17)21-7/h5H2,1-4H3,(H4,14,15,18,19,22)(H4,16,17,20,21,23). The number of nitrogens with two attached hydrogens (primary N) is 4. The van der Waals surface area contributed by atoms with Gasteiger partial charge in [0, 0.05) is 0 Å². The van der Waals surface area contributed by atoms with Crippen molar-refractivity contribution in [2.24, 2.45) is 0 Å². The van der Waals surface area contributed by atoms with Crippen LogP contribution < -0.4 is 22.9 Å². The van der Waals surface area contributed by atoms with E-state index in [1.807, 2.05) is 0 Å². The van der Waals surface area contributed by atoms with Crippen molar-refractivity contribution < 1.29 is 9.47 Å². The second-order valence-electron chi connectivity index (χ2n) is 6.18. The molecule has 0 aliphatic rings. The predicted octanol–water partition coefficient (Wildman–Crippen LogP) is -0.453. The van der Waals surface area contributed by atoms with Crippen LogP contribution in [0.5, 0.6) is 0 Å². The van der Waals surface area contributed by atoms with Crippen molar-refractivity contribution in [2.75, 3.05) is 29.7 Å². The van der Waals surface area contributed by atoms with Crippen molar-refractivity contribution >= 4 is 23.8 Å². The minimum Gasteiger partial charge on any atom is -0.368 e. The van der Waals surface area contributed by atoms with Crippen molar-refractivity contribution in [3.8, 4) is 0 Å². The van der Waals surface area contributed by atoms with E-state index in [4.69, 9.17) is 32.4 Å². The summed E-state index contributed by atoms with van der Waals surface area (Å²) in [5.74, 6) is 0.612. The van der Waals surface area contributed by atoms with Gasteiger partial charge in [-0.15, -0.1) is 0 Å². The van der Waals surface area contributed by atoms with Gasteiger partial charge in [0.1, 0.15) is 18.0 Å². The maximum Gasteiger partial charge on any atom is 0.225 e. The van der Waals surface area contributed by atoms with Gasteiger partial charge in [-0.05, 0) is 27.7 Å². The molecule has 12 nitrogen and oxygen atoms in total. The molecule has 2 heterocycles. The van der Waals surface area contributed by atoms with Gasteiger partial charge < -0.3 is 32.4 Å². The fourth-order valence-corrected chi connectivity index (χ4v) is 1.81.